The molecule has 0 radical (unpaired) electrons. The molecule has 0 spiro atoms. The highest BCUT2D eigenvalue weighted by Crippen LogP contribution is 2.46. The molecule has 0 bridgehead atoms. The first-order chi connectivity index (χ1) is 14.7. The van der Waals surface area contributed by atoms with E-state index in [2.05, 4.69) is 0 Å². The number of rotatable bonds is 6. The molecule has 1 aromatic rings. The molecule has 1 aromatic carbocycles. The van der Waals surface area contributed by atoms with Crippen LogP contribution in [-0.4, -0.2) is 81.7 Å². The van der Waals surface area contributed by atoms with Gasteiger partial charge < -0.3 is 30.3 Å². The minimum Gasteiger partial charge on any atom is -0.503 e. The summed E-state index contributed by atoms with van der Waals surface area (Å²) in [4.78, 5) is 48.4. The number of nitrogens with zero attached hydrogens (tertiary/aromatic N) is 1. The Balaban J connectivity index is 1.68. The molecule has 0 aromatic heterocycles. The molecule has 2 aliphatic rings. The molecular formula is C17H16Cl2N2O10S. The molecular weight excluding hydrogens is 495 g/mol. The SMILES string of the molecule is C[C@]1(COC(=O)NCC(=O)c2cc(Cl)c(O)c(O)c2Cl)[C@H](C(=O)O)N2C(=O)C[C@H]2S1(=O)=O. The second kappa shape index (κ2) is 7.98. The minimum absolute atomic E-state index is 0.313. The van der Waals surface area contributed by atoms with E-state index in [1.54, 1.807) is 0 Å². The molecule has 2 aliphatic heterocycles. The van der Waals surface area contributed by atoms with Crippen LogP contribution in [0, 0.1) is 0 Å². The van der Waals surface area contributed by atoms with Gasteiger partial charge in [-0.05, 0) is 13.0 Å². The molecule has 2 saturated heterocycles. The second-order valence-corrected chi connectivity index (χ2v) is 10.7. The lowest BCUT2D eigenvalue weighted by molar-refractivity contribution is -0.158. The number of nitrogens with one attached hydrogen (secondary N) is 1. The number of ether oxygens (including phenoxy) is 1. The van der Waals surface area contributed by atoms with Crippen LogP contribution in [0.25, 0.3) is 0 Å². The Kier molecular flexibility index (Phi) is 5.95. The number of aromatic hydroxyl groups is 2. The van der Waals surface area contributed by atoms with Crippen LogP contribution >= 0.6 is 23.2 Å². The van der Waals surface area contributed by atoms with Crippen LogP contribution in [0.3, 0.4) is 0 Å². The number of carboxylic acids is 1. The summed E-state index contributed by atoms with van der Waals surface area (Å²) in [7, 11) is -4.18. The van der Waals surface area contributed by atoms with Crippen molar-refractivity contribution in [3.05, 3.63) is 21.7 Å². The van der Waals surface area contributed by atoms with E-state index in [0.29, 0.717) is 0 Å². The first-order valence-corrected chi connectivity index (χ1v) is 11.2. The summed E-state index contributed by atoms with van der Waals surface area (Å²) in [5, 5.41) is 28.5. The molecule has 2 heterocycles. The van der Waals surface area contributed by atoms with Gasteiger partial charge in [-0.25, -0.2) is 18.0 Å². The predicted octanol–water partition coefficient (Wildman–Crippen LogP) is 0.512. The zero-order chi connectivity index (χ0) is 24.2. The number of carbonyl (C=O) groups excluding carboxylic acids is 3. The topological polar surface area (TPSA) is 188 Å². The third kappa shape index (κ3) is 3.49. The van der Waals surface area contributed by atoms with E-state index < -0.39 is 79.4 Å². The third-order valence-corrected chi connectivity index (χ3v) is 8.82. The van der Waals surface area contributed by atoms with Crippen molar-refractivity contribution in [2.24, 2.45) is 0 Å². The second-order valence-electron chi connectivity index (χ2n) is 7.33. The number of hydrogen-bond acceptors (Lipinski definition) is 9. The summed E-state index contributed by atoms with van der Waals surface area (Å²) in [6.45, 7) is -0.538. The lowest BCUT2D eigenvalue weighted by atomic mass is 9.97. The Labute approximate surface area is 190 Å². The average molecular weight is 511 g/mol. The molecule has 0 unspecified atom stereocenters. The van der Waals surface area contributed by atoms with Crippen LogP contribution in [0.15, 0.2) is 6.07 Å². The summed E-state index contributed by atoms with van der Waals surface area (Å²) in [5.74, 6) is -4.60. The van der Waals surface area contributed by atoms with Gasteiger partial charge in [0.05, 0.1) is 23.0 Å². The Hall–Kier alpha value is -2.77. The van der Waals surface area contributed by atoms with Gasteiger partial charge in [0.1, 0.15) is 16.7 Å². The number of aliphatic carboxylic acids is 1. The van der Waals surface area contributed by atoms with Crippen molar-refractivity contribution in [1.29, 1.82) is 0 Å². The maximum atomic E-state index is 12.7. The molecule has 0 saturated carbocycles. The van der Waals surface area contributed by atoms with Gasteiger partial charge in [-0.1, -0.05) is 23.2 Å². The number of benzene rings is 1. The van der Waals surface area contributed by atoms with Crippen LogP contribution in [0.5, 0.6) is 11.5 Å². The number of ketones is 1. The summed E-state index contributed by atoms with van der Waals surface area (Å²) in [6.07, 6.45) is -1.60. The fourth-order valence-corrected chi connectivity index (χ4v) is 6.30. The summed E-state index contributed by atoms with van der Waals surface area (Å²) in [5.41, 5.74) is -0.313. The Morgan fingerprint density at radius 1 is 1.28 bits per heavy atom. The molecule has 32 heavy (non-hydrogen) atoms. The van der Waals surface area contributed by atoms with Crippen LogP contribution in [-0.2, 0) is 24.2 Å². The number of halogens is 2. The molecule has 3 atom stereocenters. The monoisotopic (exact) mass is 510 g/mol. The number of β-lactam (4-membered cyclic amide) rings is 1. The number of hydrogen-bond donors (Lipinski definition) is 4. The molecule has 4 N–H and O–H groups in total. The van der Waals surface area contributed by atoms with Crippen LogP contribution < -0.4 is 5.32 Å². The van der Waals surface area contributed by atoms with Gasteiger partial charge >= 0.3 is 12.1 Å². The van der Waals surface area contributed by atoms with Crippen molar-refractivity contribution in [3.8, 4) is 11.5 Å². The highest BCUT2D eigenvalue weighted by atomic mass is 35.5. The van der Waals surface area contributed by atoms with Crippen molar-refractivity contribution in [2.45, 2.75) is 29.5 Å². The van der Waals surface area contributed by atoms with E-state index in [1.807, 2.05) is 5.32 Å². The lowest BCUT2D eigenvalue weighted by Gasteiger charge is -2.35. The smallest absolute Gasteiger partial charge is 0.407 e. The highest BCUT2D eigenvalue weighted by Gasteiger charge is 2.70. The molecule has 3 rings (SSSR count). The zero-order valence-electron chi connectivity index (χ0n) is 16.2. The van der Waals surface area contributed by atoms with Gasteiger partial charge in [-0.15, -0.1) is 0 Å². The van der Waals surface area contributed by atoms with Gasteiger partial charge in [-0.2, -0.15) is 0 Å². The van der Waals surface area contributed by atoms with E-state index in [9.17, 15) is 42.9 Å². The van der Waals surface area contributed by atoms with E-state index in [4.69, 9.17) is 27.9 Å². The van der Waals surface area contributed by atoms with Crippen molar-refractivity contribution in [2.75, 3.05) is 13.2 Å². The van der Waals surface area contributed by atoms with Crippen LogP contribution in [0.2, 0.25) is 10.0 Å². The van der Waals surface area contributed by atoms with Gasteiger partial charge in [-0.3, -0.25) is 9.59 Å². The van der Waals surface area contributed by atoms with Gasteiger partial charge in [0.15, 0.2) is 33.2 Å². The van der Waals surface area contributed by atoms with E-state index in [1.165, 1.54) is 0 Å². The highest BCUT2D eigenvalue weighted by molar-refractivity contribution is 7.94. The van der Waals surface area contributed by atoms with Gasteiger partial charge in [0, 0.05) is 5.56 Å². The largest absolute Gasteiger partial charge is 0.503 e. The maximum Gasteiger partial charge on any atom is 0.407 e. The van der Waals surface area contributed by atoms with Crippen molar-refractivity contribution in [3.63, 3.8) is 0 Å². The molecule has 12 nitrogen and oxygen atoms in total. The summed E-state index contributed by atoms with van der Waals surface area (Å²) >= 11 is 11.5. The molecule has 15 heteroatoms. The zero-order valence-corrected chi connectivity index (χ0v) is 18.5. The molecule has 174 valence electrons. The van der Waals surface area contributed by atoms with Crippen molar-refractivity contribution < 1.29 is 47.7 Å². The van der Waals surface area contributed by atoms with Crippen LogP contribution in [0.1, 0.15) is 23.7 Å². The average Bonchev–Trinajstić information content (AvgIpc) is 2.86. The Bertz CT molecular complexity index is 1150. The van der Waals surface area contributed by atoms with E-state index in [0.717, 1.165) is 17.9 Å². The lowest BCUT2D eigenvalue weighted by Crippen LogP contribution is -2.58. The minimum atomic E-state index is -4.18. The number of phenols is 2. The number of carbonyl (C=O) groups is 4. The van der Waals surface area contributed by atoms with E-state index in [-0.39, 0.29) is 17.0 Å². The number of sulfone groups is 1. The summed E-state index contributed by atoms with van der Waals surface area (Å²) < 4.78 is 28.2. The van der Waals surface area contributed by atoms with E-state index >= 15 is 0 Å². The predicted molar refractivity (Wildman–Crippen MR) is 107 cm³/mol. The molecule has 2 amide bonds. The fourth-order valence-electron chi connectivity index (χ4n) is 3.59. The number of Topliss-reactive ketones (excluding diaryl/α,β-unsaturated/α-hetero) is 1. The normalized spacial score (nSPS) is 25.6. The number of amides is 2. The summed E-state index contributed by atoms with van der Waals surface area (Å²) in [6, 6.07) is -0.770. The first kappa shape index (κ1) is 23.9. The number of alkyl carbamates (subject to hydrolysis) is 1. The standard InChI is InChI=1S/C17H16Cl2N2O10S/c1-17(14(15(26)27)21-9(23)3-10(21)32(17,29)30)5-31-16(28)20-4-8(22)6-2-7(18)12(24)13(25)11(6)19/h2,10,14,24-25H,3-5H2,1H3,(H,20,28)(H,26,27)/t10-,14+,17+/m1/s1. The third-order valence-electron chi connectivity index (χ3n) is 5.40. The molecule has 2 fully saturated rings. The fraction of sp³-hybridized carbons (Fsp3) is 0.412. The quantitative estimate of drug-likeness (QED) is 0.238. The Morgan fingerprint density at radius 3 is 2.47 bits per heavy atom. The number of phenolic OH excluding ortho intramolecular Hbond substituents is 2. The van der Waals surface area contributed by atoms with Gasteiger partial charge in [0.2, 0.25) is 5.91 Å². The van der Waals surface area contributed by atoms with Crippen molar-refractivity contribution in [1.82, 2.24) is 10.2 Å². The number of carboxylic acid groups (broad SMARTS) is 1. The first-order valence-electron chi connectivity index (χ1n) is 8.85. The van der Waals surface area contributed by atoms with Crippen LogP contribution in [0.4, 0.5) is 4.79 Å². The number of fused-ring (bicyclic) bond motifs is 1. The maximum absolute atomic E-state index is 12.7. The Morgan fingerprint density at radius 2 is 1.91 bits per heavy atom. The molecule has 0 aliphatic carbocycles. The van der Waals surface area contributed by atoms with Gasteiger partial charge in [0.25, 0.3) is 0 Å². The van der Waals surface area contributed by atoms with Crippen molar-refractivity contribution >= 4 is 56.8 Å².